The minimum Gasteiger partial charge on any atom is -0.381 e. The maximum absolute atomic E-state index is 14.4. The van der Waals surface area contributed by atoms with E-state index in [9.17, 15) is 44.1 Å². The molecular weight excluding hydrogens is 628 g/mol. The van der Waals surface area contributed by atoms with Gasteiger partial charge in [0.1, 0.15) is 5.82 Å². The normalized spacial score (nSPS) is 21.7. The molecule has 0 radical (unpaired) electrons. The number of ether oxygens (including phenoxy) is 1. The molecule has 15 heteroatoms. The predicted octanol–water partition coefficient (Wildman–Crippen LogP) is 7.18. The molecule has 2 aromatic rings. The third kappa shape index (κ3) is 7.47. The van der Waals surface area contributed by atoms with E-state index >= 15 is 0 Å². The van der Waals surface area contributed by atoms with E-state index in [0.717, 1.165) is 11.0 Å². The molecule has 43 heavy (non-hydrogen) atoms. The molecule has 0 spiro atoms. The fourth-order valence-corrected chi connectivity index (χ4v) is 7.40. The average Bonchev–Trinajstić information content (AvgIpc) is 3.38. The second-order valence-corrected chi connectivity index (χ2v) is 13.9. The number of rotatable bonds is 4. The molecule has 1 N–H and O–H groups in total. The zero-order valence-corrected chi connectivity index (χ0v) is 24.6. The number of carbonyl (C=O) groups excluding carboxylic acids is 1. The Bertz CT molecular complexity index is 1290. The first-order valence-electron chi connectivity index (χ1n) is 13.5. The molecule has 5 rings (SSSR count). The molecule has 5 nitrogen and oxygen atoms in total. The maximum atomic E-state index is 14.4. The van der Waals surface area contributed by atoms with Crippen molar-refractivity contribution in [1.82, 2.24) is 10.2 Å². The molecule has 2 aliphatic heterocycles. The van der Waals surface area contributed by atoms with Crippen molar-refractivity contribution < 1.29 is 48.9 Å². The number of hydrogen-bond donors (Lipinski definition) is 1. The van der Waals surface area contributed by atoms with Gasteiger partial charge < -0.3 is 15.0 Å². The molecule has 2 saturated heterocycles. The van der Waals surface area contributed by atoms with Crippen molar-refractivity contribution in [2.45, 2.75) is 73.0 Å². The zero-order chi connectivity index (χ0) is 31.6. The second-order valence-electron chi connectivity index (χ2n) is 10.5. The molecule has 238 valence electrons. The molecule has 2 aromatic carbocycles. The topological polar surface area (TPSA) is 58.6 Å². The van der Waals surface area contributed by atoms with Crippen LogP contribution in [0.1, 0.15) is 48.3 Å². The molecule has 2 heterocycles. The van der Waals surface area contributed by atoms with Crippen LogP contribution in [0.15, 0.2) is 47.4 Å². The number of amides is 2. The zero-order valence-electron chi connectivity index (χ0n) is 22.9. The molecule has 3 aliphatic rings. The fourth-order valence-electron chi connectivity index (χ4n) is 5.74. The molecular formula is C28H30F8N2O3S2. The molecule has 0 aromatic heterocycles. The van der Waals surface area contributed by atoms with Crippen LogP contribution in [0.5, 0.6) is 0 Å². The van der Waals surface area contributed by atoms with Gasteiger partial charge in [-0.15, -0.1) is 0 Å². The lowest BCUT2D eigenvalue weighted by molar-refractivity contribution is -0.348. The Hall–Kier alpha value is -2.39. The minimum absolute atomic E-state index is 0.0103. The van der Waals surface area contributed by atoms with E-state index in [1.807, 2.05) is 0 Å². The lowest BCUT2D eigenvalue weighted by atomic mass is 9.77. The Labute approximate surface area is 249 Å². The summed E-state index contributed by atoms with van der Waals surface area (Å²) in [6, 6.07) is 7.95. The van der Waals surface area contributed by atoms with Gasteiger partial charge in [-0.2, -0.15) is 26.3 Å². The van der Waals surface area contributed by atoms with Crippen molar-refractivity contribution in [3.8, 4) is 0 Å². The van der Waals surface area contributed by atoms with Crippen LogP contribution in [0.4, 0.5) is 39.9 Å². The van der Waals surface area contributed by atoms with Crippen molar-refractivity contribution in [2.75, 3.05) is 26.0 Å². The molecule has 2 amide bonds. The highest BCUT2D eigenvalue weighted by Gasteiger charge is 2.73. The SMILES string of the molecule is CS(=O)Sc1ccc(F)cc1.O=C(NC1CCOCC1)N1CCC2c3ccc(C(F)(C(F)(F)F)C(F)(F)F)cc3CCC21. The highest BCUT2D eigenvalue weighted by atomic mass is 33.1. The second kappa shape index (κ2) is 13.3. The number of aryl methyl sites for hydroxylation is 1. The summed E-state index contributed by atoms with van der Waals surface area (Å²) in [5, 5.41) is 2.99. The van der Waals surface area contributed by atoms with E-state index in [4.69, 9.17) is 4.74 Å². The fraction of sp³-hybridized carbons (Fsp3) is 0.536. The van der Waals surface area contributed by atoms with Gasteiger partial charge in [-0.1, -0.05) is 18.2 Å². The Balaban J connectivity index is 0.000000324. The van der Waals surface area contributed by atoms with Gasteiger partial charge in [-0.25, -0.2) is 17.8 Å². The van der Waals surface area contributed by atoms with E-state index < -0.39 is 33.4 Å². The summed E-state index contributed by atoms with van der Waals surface area (Å²) < 4.78 is 121. The summed E-state index contributed by atoms with van der Waals surface area (Å²) in [5.74, 6) is -0.477. The highest BCUT2D eigenvalue weighted by Crippen LogP contribution is 2.54. The Kier molecular flexibility index (Phi) is 10.4. The number of urea groups is 1. The minimum atomic E-state index is -6.14. The Morgan fingerprint density at radius 1 is 0.953 bits per heavy atom. The summed E-state index contributed by atoms with van der Waals surface area (Å²) in [6.45, 7) is 1.57. The number of halogens is 8. The number of hydrogen-bond acceptors (Lipinski definition) is 4. The summed E-state index contributed by atoms with van der Waals surface area (Å²) in [6.07, 6.45) is -8.17. The summed E-state index contributed by atoms with van der Waals surface area (Å²) >= 11 is 0. The number of fused-ring (bicyclic) bond motifs is 3. The van der Waals surface area contributed by atoms with Crippen molar-refractivity contribution in [1.29, 1.82) is 0 Å². The van der Waals surface area contributed by atoms with Crippen LogP contribution in [0, 0.1) is 5.82 Å². The average molecular weight is 659 g/mol. The third-order valence-corrected chi connectivity index (χ3v) is 9.79. The molecule has 1 aliphatic carbocycles. The Morgan fingerprint density at radius 2 is 1.58 bits per heavy atom. The van der Waals surface area contributed by atoms with Crippen molar-refractivity contribution >= 4 is 26.7 Å². The van der Waals surface area contributed by atoms with Crippen molar-refractivity contribution in [3.63, 3.8) is 0 Å². The summed E-state index contributed by atoms with van der Waals surface area (Å²) in [7, 11) is 0.284. The van der Waals surface area contributed by atoms with Gasteiger partial charge in [0.05, 0.1) is 9.83 Å². The Morgan fingerprint density at radius 3 is 2.16 bits per heavy atom. The van der Waals surface area contributed by atoms with Crippen LogP contribution in [-0.2, 0) is 26.7 Å². The summed E-state index contributed by atoms with van der Waals surface area (Å²) in [4.78, 5) is 15.3. The number of nitrogens with zero attached hydrogens (tertiary/aromatic N) is 1. The lowest BCUT2D eigenvalue weighted by Gasteiger charge is -2.36. The highest BCUT2D eigenvalue weighted by molar-refractivity contribution is 8.68. The molecule has 3 unspecified atom stereocenters. The first-order chi connectivity index (χ1) is 20.1. The van der Waals surface area contributed by atoms with Crippen molar-refractivity contribution in [3.05, 3.63) is 65.0 Å². The first kappa shape index (κ1) is 33.5. The number of benzene rings is 2. The monoisotopic (exact) mass is 658 g/mol. The van der Waals surface area contributed by atoms with E-state index in [1.165, 1.54) is 22.9 Å². The lowest BCUT2D eigenvalue weighted by Crippen LogP contribution is -2.50. The maximum Gasteiger partial charge on any atom is 0.435 e. The van der Waals surface area contributed by atoms with Gasteiger partial charge >= 0.3 is 24.1 Å². The van der Waals surface area contributed by atoms with Crippen LogP contribution in [0.2, 0.25) is 0 Å². The van der Waals surface area contributed by atoms with Gasteiger partial charge in [0, 0.05) is 54.5 Å². The van der Waals surface area contributed by atoms with Crippen LogP contribution in [0.25, 0.3) is 0 Å². The van der Waals surface area contributed by atoms with Crippen molar-refractivity contribution in [2.24, 2.45) is 0 Å². The van der Waals surface area contributed by atoms with Crippen LogP contribution in [0.3, 0.4) is 0 Å². The van der Waals surface area contributed by atoms with Gasteiger partial charge in [-0.05, 0) is 78.3 Å². The van der Waals surface area contributed by atoms with E-state index in [0.29, 0.717) is 63.1 Å². The molecule has 3 atom stereocenters. The molecule has 0 bridgehead atoms. The predicted molar refractivity (Wildman–Crippen MR) is 146 cm³/mol. The smallest absolute Gasteiger partial charge is 0.381 e. The van der Waals surface area contributed by atoms with E-state index in [2.05, 4.69) is 5.32 Å². The number of likely N-dealkylation sites (tertiary alicyclic amines) is 1. The molecule has 0 saturated carbocycles. The first-order valence-corrected chi connectivity index (χ1v) is 16.4. The molecule has 2 fully saturated rings. The van der Waals surface area contributed by atoms with Gasteiger partial charge in [0.25, 0.3) is 0 Å². The number of carbonyl (C=O) groups is 1. The van der Waals surface area contributed by atoms with Crippen LogP contribution < -0.4 is 5.32 Å². The van der Waals surface area contributed by atoms with E-state index in [-0.39, 0.29) is 41.8 Å². The van der Waals surface area contributed by atoms with Gasteiger partial charge in [0.2, 0.25) is 0 Å². The number of alkyl halides is 7. The van der Waals surface area contributed by atoms with Crippen LogP contribution >= 0.6 is 10.8 Å². The standard InChI is InChI=1S/C21H23F7N2O2.C7H7FOS2/c22-19(20(23,24)25,21(26,27)28)13-2-3-15-12(11-13)1-4-17-16(15)5-8-30(17)18(31)29-14-6-9-32-10-7-14;1-11(9)10-7-4-2-6(8)3-5-7/h2-3,11,14,16-17H,1,4-10H2,(H,29,31);2-5H,1H3. The van der Waals surface area contributed by atoms with Gasteiger partial charge in [0.15, 0.2) is 0 Å². The van der Waals surface area contributed by atoms with Crippen LogP contribution in [-0.4, -0.2) is 65.6 Å². The third-order valence-electron chi connectivity index (χ3n) is 7.81. The largest absolute Gasteiger partial charge is 0.435 e. The quantitative estimate of drug-likeness (QED) is 0.280. The number of nitrogens with one attached hydrogen (secondary N) is 1. The van der Waals surface area contributed by atoms with Gasteiger partial charge in [-0.3, -0.25) is 0 Å². The summed E-state index contributed by atoms with van der Waals surface area (Å²) in [5.41, 5.74) is -6.04. The van der Waals surface area contributed by atoms with E-state index in [1.54, 1.807) is 23.3 Å².